The molecule has 2 unspecified atom stereocenters. The third-order valence-electron chi connectivity index (χ3n) is 4.51. The van der Waals surface area contributed by atoms with Crippen LogP contribution in [0.2, 0.25) is 0 Å². The average Bonchev–Trinajstić information content (AvgIpc) is 2.95. The molecule has 2 atom stereocenters. The molecule has 1 heterocycles. The zero-order valence-corrected chi connectivity index (χ0v) is 13.1. The second-order valence-corrected chi connectivity index (χ2v) is 6.03. The van der Waals surface area contributed by atoms with Crippen molar-refractivity contribution in [2.75, 3.05) is 11.4 Å². The quantitative estimate of drug-likeness (QED) is 0.626. The Kier molecular flexibility index (Phi) is 4.17. The second-order valence-electron chi connectivity index (χ2n) is 6.03. The van der Waals surface area contributed by atoms with E-state index in [1.54, 1.807) is 12.1 Å². The molecule has 1 aliphatic rings. The summed E-state index contributed by atoms with van der Waals surface area (Å²) in [4.78, 5) is 12.4. The summed E-state index contributed by atoms with van der Waals surface area (Å²) in [7, 11) is 0. The molecule has 0 aromatic heterocycles. The minimum absolute atomic E-state index is 0.0609. The molecule has 0 saturated carbocycles. The Balaban J connectivity index is 2.05. The van der Waals surface area contributed by atoms with Gasteiger partial charge in [-0.05, 0) is 36.1 Å². The minimum Gasteiger partial charge on any atom is -0.363 e. The number of halogens is 1. The molecule has 6 heteroatoms. The molecule has 2 aromatic rings. The monoisotopic (exact) mass is 325 g/mol. The predicted molar refractivity (Wildman–Crippen MR) is 88.1 cm³/mol. The van der Waals surface area contributed by atoms with Gasteiger partial charge in [0.25, 0.3) is 5.69 Å². The van der Waals surface area contributed by atoms with Crippen LogP contribution >= 0.6 is 0 Å². The number of rotatable bonds is 3. The molecular weight excluding hydrogens is 309 g/mol. The summed E-state index contributed by atoms with van der Waals surface area (Å²) in [5.74, 6) is -0.00992. The van der Waals surface area contributed by atoms with Crippen LogP contribution in [0.5, 0.6) is 0 Å². The number of hydrogen-bond acceptors (Lipinski definition) is 4. The van der Waals surface area contributed by atoms with Crippen LogP contribution in [-0.4, -0.2) is 11.5 Å². The molecule has 1 saturated heterocycles. The van der Waals surface area contributed by atoms with Crippen molar-refractivity contribution >= 4 is 11.4 Å². The fraction of sp³-hybridized carbons (Fsp3) is 0.278. The van der Waals surface area contributed by atoms with Gasteiger partial charge in [0.2, 0.25) is 0 Å². The van der Waals surface area contributed by atoms with Crippen LogP contribution in [0.25, 0.3) is 0 Å². The van der Waals surface area contributed by atoms with Gasteiger partial charge in [-0.3, -0.25) is 10.1 Å². The van der Waals surface area contributed by atoms with E-state index in [1.807, 2.05) is 17.0 Å². The van der Waals surface area contributed by atoms with Crippen molar-refractivity contribution in [3.63, 3.8) is 0 Å². The van der Waals surface area contributed by atoms with E-state index in [4.69, 9.17) is 0 Å². The lowest BCUT2D eigenvalue weighted by Crippen LogP contribution is -2.25. The number of nitrogens with zero attached hydrogens (tertiary/aromatic N) is 3. The highest BCUT2D eigenvalue weighted by Gasteiger charge is 2.34. The van der Waals surface area contributed by atoms with Crippen molar-refractivity contribution in [2.45, 2.75) is 19.4 Å². The number of non-ortho nitro benzene ring substituents is 1. The predicted octanol–water partition coefficient (Wildman–Crippen LogP) is 4.19. The SMILES string of the molecule is CC1CCN(c2ccc([N+](=O)[O-])cc2C#N)C1c1cccc(F)c1. The van der Waals surface area contributed by atoms with Crippen LogP contribution in [0.1, 0.15) is 30.5 Å². The Morgan fingerprint density at radius 1 is 1.33 bits per heavy atom. The molecule has 0 bridgehead atoms. The van der Waals surface area contributed by atoms with Gasteiger partial charge >= 0.3 is 0 Å². The average molecular weight is 325 g/mol. The maximum Gasteiger partial charge on any atom is 0.270 e. The fourth-order valence-electron chi connectivity index (χ4n) is 3.39. The second kappa shape index (κ2) is 6.28. The van der Waals surface area contributed by atoms with Crippen LogP contribution in [0, 0.1) is 33.2 Å². The summed E-state index contributed by atoms with van der Waals surface area (Å²) in [6, 6.07) is 12.8. The number of hydrogen-bond donors (Lipinski definition) is 0. The first-order chi connectivity index (χ1) is 11.5. The highest BCUT2D eigenvalue weighted by Crippen LogP contribution is 2.42. The maximum absolute atomic E-state index is 13.6. The molecule has 122 valence electrons. The van der Waals surface area contributed by atoms with Gasteiger partial charge in [-0.1, -0.05) is 19.1 Å². The fourth-order valence-corrected chi connectivity index (χ4v) is 3.39. The Morgan fingerprint density at radius 2 is 2.12 bits per heavy atom. The normalized spacial score (nSPS) is 20.0. The summed E-state index contributed by atoms with van der Waals surface area (Å²) in [5.41, 5.74) is 1.66. The van der Waals surface area contributed by atoms with E-state index in [2.05, 4.69) is 6.92 Å². The number of nitro benzene ring substituents is 1. The summed E-state index contributed by atoms with van der Waals surface area (Å²) < 4.78 is 13.6. The van der Waals surface area contributed by atoms with Crippen LogP contribution in [0.15, 0.2) is 42.5 Å². The van der Waals surface area contributed by atoms with Crippen molar-refractivity contribution < 1.29 is 9.31 Å². The van der Waals surface area contributed by atoms with E-state index in [1.165, 1.54) is 24.3 Å². The van der Waals surface area contributed by atoms with E-state index in [0.717, 1.165) is 18.5 Å². The van der Waals surface area contributed by atoms with E-state index in [9.17, 15) is 19.8 Å². The summed E-state index contributed by atoms with van der Waals surface area (Å²) >= 11 is 0. The van der Waals surface area contributed by atoms with Crippen LogP contribution in [-0.2, 0) is 0 Å². The van der Waals surface area contributed by atoms with Crippen molar-refractivity contribution in [2.24, 2.45) is 5.92 Å². The number of nitriles is 1. The van der Waals surface area contributed by atoms with Gasteiger partial charge < -0.3 is 4.90 Å². The lowest BCUT2D eigenvalue weighted by molar-refractivity contribution is -0.384. The number of nitro groups is 1. The largest absolute Gasteiger partial charge is 0.363 e. The topological polar surface area (TPSA) is 70.2 Å². The van der Waals surface area contributed by atoms with Gasteiger partial charge in [0.1, 0.15) is 11.9 Å². The zero-order valence-electron chi connectivity index (χ0n) is 13.1. The Morgan fingerprint density at radius 3 is 2.79 bits per heavy atom. The molecule has 0 aliphatic carbocycles. The van der Waals surface area contributed by atoms with Crippen molar-refractivity contribution in [3.8, 4) is 6.07 Å². The molecular formula is C18H16FN3O2. The maximum atomic E-state index is 13.6. The molecule has 0 N–H and O–H groups in total. The van der Waals surface area contributed by atoms with Crippen molar-refractivity contribution in [1.82, 2.24) is 0 Å². The summed E-state index contributed by atoms with van der Waals surface area (Å²) in [6.45, 7) is 2.81. The van der Waals surface area contributed by atoms with E-state index in [0.29, 0.717) is 5.69 Å². The van der Waals surface area contributed by atoms with E-state index >= 15 is 0 Å². The first-order valence-corrected chi connectivity index (χ1v) is 7.72. The number of anilines is 1. The lowest BCUT2D eigenvalue weighted by Gasteiger charge is -2.30. The third-order valence-corrected chi connectivity index (χ3v) is 4.51. The highest BCUT2D eigenvalue weighted by atomic mass is 19.1. The van der Waals surface area contributed by atoms with E-state index < -0.39 is 4.92 Å². The van der Waals surface area contributed by atoms with Gasteiger partial charge in [-0.15, -0.1) is 0 Å². The van der Waals surface area contributed by atoms with Crippen LogP contribution < -0.4 is 4.90 Å². The molecule has 24 heavy (non-hydrogen) atoms. The van der Waals surface area contributed by atoms with Gasteiger partial charge in [0, 0.05) is 18.7 Å². The molecule has 0 amide bonds. The first kappa shape index (κ1) is 15.9. The van der Waals surface area contributed by atoms with Gasteiger partial charge in [0.15, 0.2) is 0 Å². The molecule has 0 radical (unpaired) electrons. The molecule has 0 spiro atoms. The Bertz CT molecular complexity index is 831. The van der Waals surface area contributed by atoms with Crippen LogP contribution in [0.4, 0.5) is 15.8 Å². The number of benzene rings is 2. The molecule has 3 rings (SSSR count). The molecule has 1 fully saturated rings. The Hall–Kier alpha value is -2.94. The van der Waals surface area contributed by atoms with Gasteiger partial charge in [0.05, 0.1) is 22.2 Å². The van der Waals surface area contributed by atoms with Gasteiger partial charge in [-0.2, -0.15) is 5.26 Å². The summed E-state index contributed by atoms with van der Waals surface area (Å²) in [6.07, 6.45) is 0.906. The van der Waals surface area contributed by atoms with Crippen molar-refractivity contribution in [3.05, 3.63) is 69.5 Å². The third kappa shape index (κ3) is 2.81. The first-order valence-electron chi connectivity index (χ1n) is 7.72. The lowest BCUT2D eigenvalue weighted by atomic mass is 9.95. The van der Waals surface area contributed by atoms with E-state index in [-0.39, 0.29) is 29.0 Å². The summed E-state index contributed by atoms with van der Waals surface area (Å²) in [5, 5.41) is 20.3. The smallest absolute Gasteiger partial charge is 0.270 e. The van der Waals surface area contributed by atoms with Gasteiger partial charge in [-0.25, -0.2) is 4.39 Å². The molecule has 1 aliphatic heterocycles. The Labute approximate surface area is 139 Å². The van der Waals surface area contributed by atoms with Crippen LogP contribution in [0.3, 0.4) is 0 Å². The molecule has 2 aromatic carbocycles. The molecule has 5 nitrogen and oxygen atoms in total. The van der Waals surface area contributed by atoms with Crippen molar-refractivity contribution in [1.29, 1.82) is 5.26 Å². The zero-order chi connectivity index (χ0) is 17.3. The standard InChI is InChI=1S/C18H16FN3O2/c1-12-7-8-21(18(12)13-3-2-4-15(19)9-13)17-6-5-16(22(23)24)10-14(17)11-20/h2-6,9-10,12,18H,7-8H2,1H3. The highest BCUT2D eigenvalue weighted by molar-refractivity contribution is 5.64. The minimum atomic E-state index is -0.513.